The zero-order valence-corrected chi connectivity index (χ0v) is 10.4. The van der Waals surface area contributed by atoms with Gasteiger partial charge in [-0.15, -0.1) is 16.4 Å². The maximum atomic E-state index is 4.96. The van der Waals surface area contributed by atoms with Crippen molar-refractivity contribution < 1.29 is 0 Å². The highest BCUT2D eigenvalue weighted by Gasteiger charge is 2.01. The van der Waals surface area contributed by atoms with Crippen LogP contribution in [0.2, 0.25) is 0 Å². The van der Waals surface area contributed by atoms with Crippen LogP contribution in [0.1, 0.15) is 0 Å². The third kappa shape index (κ3) is 1.84. The minimum absolute atomic E-state index is 0.668. The van der Waals surface area contributed by atoms with E-state index in [0.717, 1.165) is 21.0 Å². The Morgan fingerprint density at radius 2 is 2.31 bits per heavy atom. The van der Waals surface area contributed by atoms with Gasteiger partial charge >= 0.3 is 0 Å². The number of thiazole rings is 1. The zero-order chi connectivity index (χ0) is 11.0. The highest BCUT2D eigenvalue weighted by Crippen LogP contribution is 2.24. The van der Waals surface area contributed by atoms with E-state index in [1.54, 1.807) is 11.3 Å². The van der Waals surface area contributed by atoms with Gasteiger partial charge in [0, 0.05) is 5.69 Å². The van der Waals surface area contributed by atoms with Crippen molar-refractivity contribution >= 4 is 55.9 Å². The summed E-state index contributed by atoms with van der Waals surface area (Å²) in [6, 6.07) is 6.02. The molecule has 2 aromatic heterocycles. The highest BCUT2D eigenvalue weighted by molar-refractivity contribution is 7.73. The van der Waals surface area contributed by atoms with Crippen LogP contribution in [0.3, 0.4) is 0 Å². The number of benzene rings is 1. The van der Waals surface area contributed by atoms with E-state index < -0.39 is 0 Å². The van der Waals surface area contributed by atoms with E-state index in [4.69, 9.17) is 12.2 Å². The fourth-order valence-corrected chi connectivity index (χ4v) is 2.87. The lowest BCUT2D eigenvalue weighted by Gasteiger charge is -2.00. The van der Waals surface area contributed by atoms with Crippen molar-refractivity contribution in [1.29, 1.82) is 0 Å². The summed E-state index contributed by atoms with van der Waals surface area (Å²) in [6.07, 6.45) is 0. The first kappa shape index (κ1) is 9.88. The Labute approximate surface area is 104 Å². The van der Waals surface area contributed by atoms with E-state index in [9.17, 15) is 0 Å². The molecular formula is C9H6N4S3. The van der Waals surface area contributed by atoms with Crippen LogP contribution in [0.5, 0.6) is 0 Å². The van der Waals surface area contributed by atoms with E-state index in [0.29, 0.717) is 3.95 Å². The predicted octanol–water partition coefficient (Wildman–Crippen LogP) is 3.55. The maximum absolute atomic E-state index is 4.96. The Balaban J connectivity index is 1.97. The van der Waals surface area contributed by atoms with Gasteiger partial charge in [-0.3, -0.25) is 5.10 Å². The fourth-order valence-electron chi connectivity index (χ4n) is 1.34. The Bertz CT molecular complexity index is 681. The van der Waals surface area contributed by atoms with E-state index in [-0.39, 0.29) is 0 Å². The SMILES string of the molecule is S=c1[nH]nc(Nc2ccc3ncsc3c2)s1. The van der Waals surface area contributed by atoms with Crippen LogP contribution in [-0.4, -0.2) is 15.2 Å². The molecule has 4 nitrogen and oxygen atoms in total. The van der Waals surface area contributed by atoms with E-state index >= 15 is 0 Å². The molecule has 0 aliphatic rings. The number of nitrogens with zero attached hydrogens (tertiary/aromatic N) is 2. The van der Waals surface area contributed by atoms with Crippen molar-refractivity contribution in [3.63, 3.8) is 0 Å². The van der Waals surface area contributed by atoms with Gasteiger partial charge in [-0.1, -0.05) is 11.3 Å². The molecule has 0 saturated carbocycles. The topological polar surface area (TPSA) is 53.6 Å². The lowest BCUT2D eigenvalue weighted by atomic mass is 10.3. The van der Waals surface area contributed by atoms with Gasteiger partial charge in [-0.25, -0.2) is 4.98 Å². The standard InChI is InChI=1S/C9H6N4S3/c14-9-13-12-8(16-9)11-5-1-2-6-7(3-5)15-4-10-6/h1-4H,(H,11,12)(H,13,14). The number of hydrogen-bond donors (Lipinski definition) is 2. The molecule has 16 heavy (non-hydrogen) atoms. The Morgan fingerprint density at radius 3 is 3.12 bits per heavy atom. The van der Waals surface area contributed by atoms with Gasteiger partial charge in [0.1, 0.15) is 0 Å². The smallest absolute Gasteiger partial charge is 0.208 e. The number of nitrogens with one attached hydrogen (secondary N) is 2. The molecule has 80 valence electrons. The van der Waals surface area contributed by atoms with Crippen LogP contribution in [0.4, 0.5) is 10.8 Å². The number of aromatic nitrogens is 3. The van der Waals surface area contributed by atoms with E-state index in [2.05, 4.69) is 26.6 Å². The van der Waals surface area contributed by atoms with Crippen molar-refractivity contribution in [3.8, 4) is 0 Å². The monoisotopic (exact) mass is 266 g/mol. The molecule has 3 rings (SSSR count). The van der Waals surface area contributed by atoms with Gasteiger partial charge in [0.05, 0.1) is 15.7 Å². The lowest BCUT2D eigenvalue weighted by Crippen LogP contribution is -1.88. The number of H-pyrrole nitrogens is 1. The molecule has 0 atom stereocenters. The van der Waals surface area contributed by atoms with Crippen LogP contribution < -0.4 is 5.32 Å². The normalized spacial score (nSPS) is 10.8. The summed E-state index contributed by atoms with van der Waals surface area (Å²) >= 11 is 8.00. The first-order chi connectivity index (χ1) is 7.81. The summed E-state index contributed by atoms with van der Waals surface area (Å²) in [5.74, 6) is 0. The van der Waals surface area contributed by atoms with Crippen molar-refractivity contribution in [3.05, 3.63) is 27.7 Å². The first-order valence-corrected chi connectivity index (χ1v) is 6.57. The van der Waals surface area contributed by atoms with E-state index in [1.807, 2.05) is 17.6 Å². The summed E-state index contributed by atoms with van der Waals surface area (Å²) in [4.78, 5) is 4.23. The van der Waals surface area contributed by atoms with Gasteiger partial charge in [0.25, 0.3) is 0 Å². The largest absolute Gasteiger partial charge is 0.330 e. The van der Waals surface area contributed by atoms with Crippen LogP contribution in [-0.2, 0) is 0 Å². The van der Waals surface area contributed by atoms with Crippen molar-refractivity contribution in [2.24, 2.45) is 0 Å². The summed E-state index contributed by atoms with van der Waals surface area (Å²) in [5, 5.41) is 10.7. The van der Waals surface area contributed by atoms with Crippen LogP contribution in [0.25, 0.3) is 10.2 Å². The second-order valence-corrected chi connectivity index (χ2v) is 5.63. The van der Waals surface area contributed by atoms with Crippen molar-refractivity contribution in [1.82, 2.24) is 15.2 Å². The molecule has 0 unspecified atom stereocenters. The molecular weight excluding hydrogens is 260 g/mol. The van der Waals surface area contributed by atoms with Gasteiger partial charge in [-0.2, -0.15) is 0 Å². The fraction of sp³-hybridized carbons (Fsp3) is 0. The molecule has 0 aliphatic carbocycles. The Kier molecular flexibility index (Phi) is 2.43. The second kappa shape index (κ2) is 3.93. The van der Waals surface area contributed by atoms with Crippen molar-refractivity contribution in [2.75, 3.05) is 5.32 Å². The number of aromatic amines is 1. The number of anilines is 2. The van der Waals surface area contributed by atoms with Crippen LogP contribution in [0.15, 0.2) is 23.7 Å². The molecule has 1 aromatic carbocycles. The summed E-state index contributed by atoms with van der Waals surface area (Å²) < 4.78 is 1.82. The molecule has 0 aliphatic heterocycles. The Hall–Kier alpha value is -1.31. The molecule has 0 saturated heterocycles. The Morgan fingerprint density at radius 1 is 1.38 bits per heavy atom. The molecule has 0 spiro atoms. The first-order valence-electron chi connectivity index (χ1n) is 4.47. The molecule has 2 heterocycles. The summed E-state index contributed by atoms with van der Waals surface area (Å²) in [5.41, 5.74) is 3.85. The zero-order valence-electron chi connectivity index (χ0n) is 7.93. The number of rotatable bonds is 2. The maximum Gasteiger partial charge on any atom is 0.208 e. The third-order valence-corrected chi connectivity index (χ3v) is 3.82. The van der Waals surface area contributed by atoms with E-state index in [1.165, 1.54) is 11.3 Å². The second-order valence-electron chi connectivity index (χ2n) is 3.08. The lowest BCUT2D eigenvalue weighted by molar-refractivity contribution is 1.08. The minimum Gasteiger partial charge on any atom is -0.330 e. The quantitative estimate of drug-likeness (QED) is 0.696. The molecule has 0 amide bonds. The minimum atomic E-state index is 0.668. The summed E-state index contributed by atoms with van der Waals surface area (Å²) in [7, 11) is 0. The van der Waals surface area contributed by atoms with Gasteiger partial charge < -0.3 is 5.32 Å². The molecule has 3 aromatic rings. The van der Waals surface area contributed by atoms with Gasteiger partial charge in [0.2, 0.25) is 5.13 Å². The third-order valence-electron chi connectivity index (χ3n) is 2.02. The average Bonchev–Trinajstić information content (AvgIpc) is 2.87. The van der Waals surface area contributed by atoms with Crippen molar-refractivity contribution in [2.45, 2.75) is 0 Å². The molecule has 0 radical (unpaired) electrons. The predicted molar refractivity (Wildman–Crippen MR) is 70.2 cm³/mol. The molecule has 7 heteroatoms. The highest BCUT2D eigenvalue weighted by atomic mass is 32.1. The molecule has 0 bridgehead atoms. The molecule has 0 fully saturated rings. The molecule has 2 N–H and O–H groups in total. The van der Waals surface area contributed by atoms with Gasteiger partial charge in [0.15, 0.2) is 3.95 Å². The number of hydrogen-bond acceptors (Lipinski definition) is 6. The van der Waals surface area contributed by atoms with Crippen LogP contribution in [0, 0.1) is 3.95 Å². The number of fused-ring (bicyclic) bond motifs is 1. The summed E-state index contributed by atoms with van der Waals surface area (Å²) in [6.45, 7) is 0. The van der Waals surface area contributed by atoms with Crippen LogP contribution >= 0.6 is 34.9 Å². The average molecular weight is 266 g/mol. The van der Waals surface area contributed by atoms with Gasteiger partial charge in [-0.05, 0) is 30.4 Å².